The highest BCUT2D eigenvalue weighted by molar-refractivity contribution is 6.31. The van der Waals surface area contributed by atoms with Crippen molar-refractivity contribution < 1.29 is 19.1 Å². The molecule has 1 aliphatic heterocycles. The van der Waals surface area contributed by atoms with Crippen molar-refractivity contribution in [2.75, 3.05) is 20.2 Å². The summed E-state index contributed by atoms with van der Waals surface area (Å²) in [6.07, 6.45) is 2.36. The SMILES string of the molecule is COc1cccc(Cl)c1CC(=O)N1C[C@H](C(N)=O)C[C@H](C(=O)NC2CC2)C1. The highest BCUT2D eigenvalue weighted by atomic mass is 35.5. The number of hydrogen-bond donors (Lipinski definition) is 2. The van der Waals surface area contributed by atoms with Crippen LogP contribution in [0.25, 0.3) is 0 Å². The van der Waals surface area contributed by atoms with E-state index in [9.17, 15) is 14.4 Å². The molecule has 3 amide bonds. The number of methoxy groups -OCH3 is 1. The molecule has 27 heavy (non-hydrogen) atoms. The number of likely N-dealkylation sites (tertiary alicyclic amines) is 1. The van der Waals surface area contributed by atoms with Gasteiger partial charge in [-0.25, -0.2) is 0 Å². The van der Waals surface area contributed by atoms with Crippen LogP contribution in [0, 0.1) is 11.8 Å². The van der Waals surface area contributed by atoms with Gasteiger partial charge in [-0.05, 0) is 31.4 Å². The number of ether oxygens (including phenoxy) is 1. The maximum absolute atomic E-state index is 12.9. The Labute approximate surface area is 163 Å². The van der Waals surface area contributed by atoms with Gasteiger partial charge in [-0.3, -0.25) is 14.4 Å². The summed E-state index contributed by atoms with van der Waals surface area (Å²) in [7, 11) is 1.52. The molecule has 1 heterocycles. The van der Waals surface area contributed by atoms with Crippen molar-refractivity contribution in [3.05, 3.63) is 28.8 Å². The summed E-state index contributed by atoms with van der Waals surface area (Å²) in [5.74, 6) is -1.26. The van der Waals surface area contributed by atoms with Gasteiger partial charge in [0.25, 0.3) is 0 Å². The van der Waals surface area contributed by atoms with Gasteiger partial charge in [-0.15, -0.1) is 0 Å². The minimum Gasteiger partial charge on any atom is -0.496 e. The van der Waals surface area contributed by atoms with Crippen LogP contribution in [-0.2, 0) is 20.8 Å². The Bertz CT molecular complexity index is 750. The smallest absolute Gasteiger partial charge is 0.227 e. The molecule has 2 aliphatic rings. The van der Waals surface area contributed by atoms with Gasteiger partial charge < -0.3 is 20.7 Å². The fraction of sp³-hybridized carbons (Fsp3) is 0.526. The maximum Gasteiger partial charge on any atom is 0.227 e. The van der Waals surface area contributed by atoms with Crippen LogP contribution in [0.2, 0.25) is 5.02 Å². The fourth-order valence-electron chi connectivity index (χ4n) is 3.41. The molecule has 0 radical (unpaired) electrons. The summed E-state index contributed by atoms with van der Waals surface area (Å²) in [4.78, 5) is 38.6. The average molecular weight is 394 g/mol. The number of nitrogens with two attached hydrogens (primary N) is 1. The van der Waals surface area contributed by atoms with E-state index in [1.165, 1.54) is 7.11 Å². The molecule has 1 aliphatic carbocycles. The Morgan fingerprint density at radius 1 is 1.26 bits per heavy atom. The molecule has 1 saturated carbocycles. The molecule has 1 aromatic carbocycles. The molecule has 0 unspecified atom stereocenters. The van der Waals surface area contributed by atoms with Crippen LogP contribution in [0.5, 0.6) is 5.75 Å². The number of carbonyl (C=O) groups is 3. The molecule has 146 valence electrons. The first kappa shape index (κ1) is 19.5. The van der Waals surface area contributed by atoms with Crippen molar-refractivity contribution in [2.45, 2.75) is 31.7 Å². The van der Waals surface area contributed by atoms with E-state index in [0.717, 1.165) is 12.8 Å². The number of hydrogen-bond acceptors (Lipinski definition) is 4. The molecule has 8 heteroatoms. The molecule has 0 aromatic heterocycles. The molecule has 1 saturated heterocycles. The lowest BCUT2D eigenvalue weighted by atomic mass is 9.87. The van der Waals surface area contributed by atoms with E-state index < -0.39 is 17.7 Å². The second kappa shape index (κ2) is 8.17. The van der Waals surface area contributed by atoms with Crippen LogP contribution < -0.4 is 15.8 Å². The highest BCUT2D eigenvalue weighted by Gasteiger charge is 2.37. The summed E-state index contributed by atoms with van der Waals surface area (Å²) in [6, 6.07) is 5.41. The van der Waals surface area contributed by atoms with Crippen molar-refractivity contribution in [3.8, 4) is 5.75 Å². The molecule has 0 spiro atoms. The summed E-state index contributed by atoms with van der Waals surface area (Å²) < 4.78 is 5.29. The number of halogens is 1. The summed E-state index contributed by atoms with van der Waals surface area (Å²) in [6.45, 7) is 0.488. The van der Waals surface area contributed by atoms with E-state index >= 15 is 0 Å². The third-order valence-electron chi connectivity index (χ3n) is 5.12. The fourth-order valence-corrected chi connectivity index (χ4v) is 3.64. The van der Waals surface area contributed by atoms with Gasteiger partial charge in [0.05, 0.1) is 25.4 Å². The van der Waals surface area contributed by atoms with E-state index in [1.807, 2.05) is 0 Å². The van der Waals surface area contributed by atoms with Gasteiger partial charge in [0.1, 0.15) is 5.75 Å². The predicted octanol–water partition coefficient (Wildman–Crippen LogP) is 1.12. The first-order valence-corrected chi connectivity index (χ1v) is 9.45. The summed E-state index contributed by atoms with van der Waals surface area (Å²) >= 11 is 6.22. The molecular weight excluding hydrogens is 370 g/mol. The van der Waals surface area contributed by atoms with Gasteiger partial charge in [-0.1, -0.05) is 17.7 Å². The quantitative estimate of drug-likeness (QED) is 0.756. The lowest BCUT2D eigenvalue weighted by molar-refractivity contribution is -0.139. The van der Waals surface area contributed by atoms with E-state index in [4.69, 9.17) is 22.1 Å². The van der Waals surface area contributed by atoms with Crippen molar-refractivity contribution in [1.82, 2.24) is 10.2 Å². The Kier molecular flexibility index (Phi) is 5.89. The van der Waals surface area contributed by atoms with Gasteiger partial charge in [-0.2, -0.15) is 0 Å². The highest BCUT2D eigenvalue weighted by Crippen LogP contribution is 2.29. The number of amides is 3. The molecule has 2 atom stereocenters. The zero-order valence-corrected chi connectivity index (χ0v) is 16.0. The van der Waals surface area contributed by atoms with E-state index in [-0.39, 0.29) is 37.4 Å². The number of nitrogens with zero attached hydrogens (tertiary/aromatic N) is 1. The van der Waals surface area contributed by atoms with Crippen LogP contribution in [0.1, 0.15) is 24.8 Å². The largest absolute Gasteiger partial charge is 0.496 e. The first-order valence-electron chi connectivity index (χ1n) is 9.08. The van der Waals surface area contributed by atoms with Gasteiger partial charge >= 0.3 is 0 Å². The van der Waals surface area contributed by atoms with Gasteiger partial charge in [0, 0.05) is 29.7 Å². The number of nitrogens with one attached hydrogen (secondary N) is 1. The van der Waals surface area contributed by atoms with E-state index in [2.05, 4.69) is 5.32 Å². The number of piperidine rings is 1. The number of primary amides is 1. The van der Waals surface area contributed by atoms with Gasteiger partial charge in [0.15, 0.2) is 0 Å². The molecule has 0 bridgehead atoms. The Hall–Kier alpha value is -2.28. The van der Waals surface area contributed by atoms with E-state index in [1.54, 1.807) is 23.1 Å². The third kappa shape index (κ3) is 4.71. The van der Waals surface area contributed by atoms with Gasteiger partial charge in [0.2, 0.25) is 17.7 Å². The predicted molar refractivity (Wildman–Crippen MR) is 100 cm³/mol. The Balaban J connectivity index is 1.74. The van der Waals surface area contributed by atoms with Crippen LogP contribution in [-0.4, -0.2) is 48.9 Å². The second-order valence-corrected chi connectivity index (χ2v) is 7.62. The Morgan fingerprint density at radius 3 is 2.59 bits per heavy atom. The zero-order valence-electron chi connectivity index (χ0n) is 15.2. The summed E-state index contributed by atoms with van der Waals surface area (Å²) in [5, 5.41) is 3.39. The zero-order chi connectivity index (χ0) is 19.6. The standard InChI is InChI=1S/C19H24ClN3O4/c1-27-16-4-2-3-15(20)14(16)8-17(24)23-9-11(18(21)25)7-12(10-23)19(26)22-13-5-6-13/h2-4,11-13H,5-10H2,1H3,(H2,21,25)(H,22,26)/t11-,12+/m1/s1. The first-order chi connectivity index (χ1) is 12.9. The monoisotopic (exact) mass is 393 g/mol. The van der Waals surface area contributed by atoms with Crippen LogP contribution in [0.15, 0.2) is 18.2 Å². The molecule has 3 rings (SSSR count). The minimum absolute atomic E-state index is 0.0330. The van der Waals surface area contributed by atoms with Crippen molar-refractivity contribution >= 4 is 29.3 Å². The molecular formula is C19H24ClN3O4. The van der Waals surface area contributed by atoms with Crippen LogP contribution in [0.4, 0.5) is 0 Å². The normalized spacial score (nSPS) is 22.2. The molecule has 3 N–H and O–H groups in total. The molecule has 2 fully saturated rings. The van der Waals surface area contributed by atoms with Crippen molar-refractivity contribution in [2.24, 2.45) is 17.6 Å². The Morgan fingerprint density at radius 2 is 1.96 bits per heavy atom. The lowest BCUT2D eigenvalue weighted by Crippen LogP contribution is -2.52. The molecule has 7 nitrogen and oxygen atoms in total. The van der Waals surface area contributed by atoms with Crippen molar-refractivity contribution in [1.29, 1.82) is 0 Å². The van der Waals surface area contributed by atoms with E-state index in [0.29, 0.717) is 22.8 Å². The summed E-state index contributed by atoms with van der Waals surface area (Å²) in [5.41, 5.74) is 6.07. The number of carbonyl (C=O) groups excluding carboxylic acids is 3. The average Bonchev–Trinajstić information content (AvgIpc) is 3.46. The lowest BCUT2D eigenvalue weighted by Gasteiger charge is -2.36. The second-order valence-electron chi connectivity index (χ2n) is 7.21. The van der Waals surface area contributed by atoms with Crippen LogP contribution in [0.3, 0.4) is 0 Å². The topological polar surface area (TPSA) is 102 Å². The van der Waals surface area contributed by atoms with Crippen molar-refractivity contribution in [3.63, 3.8) is 0 Å². The third-order valence-corrected chi connectivity index (χ3v) is 5.48. The minimum atomic E-state index is -0.536. The number of rotatable bonds is 6. The maximum atomic E-state index is 12.9. The number of benzene rings is 1. The molecule has 1 aromatic rings. The van der Waals surface area contributed by atoms with Crippen LogP contribution >= 0.6 is 11.6 Å².